The molecule has 10 saturated heterocycles. The summed E-state index contributed by atoms with van der Waals surface area (Å²) in [5.41, 5.74) is 0. The van der Waals surface area contributed by atoms with Gasteiger partial charge in [0.25, 0.3) is 0 Å². The number of aliphatic hydroxyl groups is 22. The van der Waals surface area contributed by atoms with E-state index in [1.54, 1.807) is 0 Å². The molecule has 61 heteroatoms. The van der Waals surface area contributed by atoms with Gasteiger partial charge < -0.3 is 254 Å². The molecule has 131 heavy (non-hydrogen) atoms. The van der Waals surface area contributed by atoms with Crippen molar-refractivity contribution in [3.05, 3.63) is 0 Å². The van der Waals surface area contributed by atoms with Crippen molar-refractivity contribution in [1.82, 2.24) is 26.6 Å². The summed E-state index contributed by atoms with van der Waals surface area (Å²) in [6, 6.07) is -10.3. The van der Waals surface area contributed by atoms with E-state index in [1.165, 1.54) is 0 Å². The first-order valence-corrected chi connectivity index (χ1v) is 40.1. The Labute approximate surface area is 734 Å². The van der Waals surface area contributed by atoms with Crippen LogP contribution in [0.1, 0.15) is 34.6 Å². The van der Waals surface area contributed by atoms with Gasteiger partial charge >= 0.3 is 29.8 Å². The highest BCUT2D eigenvalue weighted by atomic mass is 16.8. The van der Waals surface area contributed by atoms with Crippen LogP contribution < -0.4 is 26.6 Å². The predicted molar refractivity (Wildman–Crippen MR) is 390 cm³/mol. The zero-order valence-electron chi connectivity index (χ0n) is 68.8. The minimum Gasteiger partial charge on any atom is -0.479 e. The van der Waals surface area contributed by atoms with Gasteiger partial charge in [0, 0.05) is 34.6 Å². The Morgan fingerprint density at radius 3 is 0.580 bits per heavy atom. The smallest absolute Gasteiger partial charge is 0.335 e. The summed E-state index contributed by atoms with van der Waals surface area (Å²) < 4.78 is 108. The molecule has 0 aromatic rings. The molecule has 5 amide bonds. The monoisotopic (exact) mass is 1910 g/mol. The van der Waals surface area contributed by atoms with E-state index in [0.717, 1.165) is 34.6 Å². The van der Waals surface area contributed by atoms with Crippen molar-refractivity contribution in [1.29, 1.82) is 0 Å². The van der Waals surface area contributed by atoms with E-state index in [4.69, 9.17) is 90.0 Å². The van der Waals surface area contributed by atoms with E-state index in [2.05, 4.69) is 26.6 Å². The molecule has 0 saturated carbocycles. The summed E-state index contributed by atoms with van der Waals surface area (Å²) >= 11 is 0. The van der Waals surface area contributed by atoms with Crippen LogP contribution in [0.25, 0.3) is 0 Å². The molecule has 0 aromatic carbocycles. The molecule has 0 bridgehead atoms. The van der Waals surface area contributed by atoms with Crippen LogP contribution in [-0.2, 0) is 138 Å². The Morgan fingerprint density at radius 2 is 0.382 bits per heavy atom. The van der Waals surface area contributed by atoms with Crippen molar-refractivity contribution in [3.8, 4) is 0 Å². The average molecular weight is 1910 g/mol. The molecular weight excluding hydrogens is 1810 g/mol. The fraction of sp³-hybridized carbons (Fsp3) is 0.857. The lowest BCUT2D eigenvalue weighted by atomic mass is 9.93. The van der Waals surface area contributed by atoms with Crippen LogP contribution in [0.5, 0.6) is 0 Å². The summed E-state index contributed by atoms with van der Waals surface area (Å²) in [5, 5.41) is 310. The van der Waals surface area contributed by atoms with E-state index in [0.29, 0.717) is 0 Å². The number of ether oxygens (including phenoxy) is 19. The van der Waals surface area contributed by atoms with Gasteiger partial charge in [-0.25, -0.2) is 24.0 Å². The van der Waals surface area contributed by atoms with Crippen molar-refractivity contribution >= 4 is 59.4 Å². The number of carbonyl (C=O) groups is 10. The molecule has 61 nitrogen and oxygen atoms in total. The third kappa shape index (κ3) is 23.2. The Morgan fingerprint density at radius 1 is 0.206 bits per heavy atom. The lowest BCUT2D eigenvalue weighted by molar-refractivity contribution is -0.382. The number of nitrogens with one attached hydrogen (secondary N) is 5. The Balaban J connectivity index is 0.849. The highest BCUT2D eigenvalue weighted by Gasteiger charge is 2.64. The topological polar surface area (TPSA) is 952 Å². The van der Waals surface area contributed by atoms with E-state index in [-0.39, 0.29) is 0 Å². The molecule has 32 N–H and O–H groups in total. The van der Waals surface area contributed by atoms with Gasteiger partial charge in [-0.05, 0) is 0 Å². The number of carbonyl (C=O) groups excluding carboxylic acids is 5. The number of rotatable bonds is 33. The molecule has 10 fully saturated rings. The molecular formula is C70H107N5O56. The molecule has 0 spiro atoms. The number of carboxylic acids is 5. The standard InChI is InChI=1S/C70H107N5O56/c1-11(81)71-21-42(26(86)16(6-76)113-61(21)112)118-67-38(98)33(93)47(52(128-67)57(104)105)123-63-23(73-13(3)83)44(28(88)18(8-78)115-63)120-69-40(100)35(95)49(54(130-69)59(108)109)125-65-25(75-15(5)85)46(30(90)20(10-80)117-65)122-70-41(101)36(96)50(55(131-70)60(110)111)126-64-24(74-14(4)84)45(29(89)19(9-79)116-64)121-68-39(99)34(94)48(53(129-68)58(106)107)124-62-22(72-12(2)82)43(27(87)17(7-77)114-62)119-66-37(97)31(91)32(92)51(127-66)56(102)103/h16-55,61-70,76-80,86-101,112H,6-10H2,1-5H3,(H,71,81)(H,72,82)(H,73,83)(H,74,84)(H,75,85)(H,102,103)(H,104,105)(H,106,107)(H,108,109)(H,110,111). The molecule has 50 unspecified atom stereocenters. The van der Waals surface area contributed by atoms with E-state index >= 15 is 0 Å². The first-order chi connectivity index (χ1) is 61.5. The first kappa shape index (κ1) is 106. The van der Waals surface area contributed by atoms with Gasteiger partial charge in [-0.2, -0.15) is 0 Å². The van der Waals surface area contributed by atoms with Gasteiger partial charge in [-0.1, -0.05) is 0 Å². The molecule has 10 aliphatic rings. The summed E-state index contributed by atoms with van der Waals surface area (Å²) in [5.74, 6) is -15.6. The summed E-state index contributed by atoms with van der Waals surface area (Å²) in [7, 11) is 0. The summed E-state index contributed by atoms with van der Waals surface area (Å²) in [6.07, 6.45) is -107. The van der Waals surface area contributed by atoms with Crippen molar-refractivity contribution in [3.63, 3.8) is 0 Å². The van der Waals surface area contributed by atoms with Crippen molar-refractivity contribution in [2.45, 2.75) is 341 Å². The zero-order chi connectivity index (χ0) is 97.1. The Hall–Kier alpha value is -6.94. The number of carboxylic acid groups (broad SMARTS) is 5. The van der Waals surface area contributed by atoms with Crippen LogP contribution in [0, 0.1) is 0 Å². The third-order valence-electron chi connectivity index (χ3n) is 22.7. The largest absolute Gasteiger partial charge is 0.479 e. The fourth-order valence-electron chi connectivity index (χ4n) is 16.3. The minimum absolute atomic E-state index is 0.796. The Kier molecular flexibility index (Phi) is 36.4. The quantitative estimate of drug-likeness (QED) is 0.0290. The lowest BCUT2D eigenvalue weighted by Crippen LogP contribution is -2.72. The number of aliphatic carboxylic acids is 5. The van der Waals surface area contributed by atoms with Crippen LogP contribution >= 0.6 is 0 Å². The van der Waals surface area contributed by atoms with Crippen molar-refractivity contribution in [2.24, 2.45) is 0 Å². The molecule has 0 aromatic heterocycles. The van der Waals surface area contributed by atoms with Crippen molar-refractivity contribution in [2.75, 3.05) is 33.0 Å². The van der Waals surface area contributed by atoms with Crippen LogP contribution in [0.3, 0.4) is 0 Å². The number of hydrogen-bond acceptors (Lipinski definition) is 51. The maximum atomic E-state index is 13.4. The minimum atomic E-state index is -2.74. The average Bonchev–Trinajstić information content (AvgIpc) is 0.760. The molecule has 10 heterocycles. The highest BCUT2D eigenvalue weighted by Crippen LogP contribution is 2.42. The normalized spacial score (nSPS) is 46.9. The van der Waals surface area contributed by atoms with Gasteiger partial charge in [0.15, 0.2) is 93.4 Å². The van der Waals surface area contributed by atoms with Crippen LogP contribution in [0.2, 0.25) is 0 Å². The van der Waals surface area contributed by atoms with E-state index in [9.17, 15) is 186 Å². The fourth-order valence-corrected chi connectivity index (χ4v) is 16.3. The first-order valence-electron chi connectivity index (χ1n) is 40.1. The second-order valence-corrected chi connectivity index (χ2v) is 31.9. The SMILES string of the molecule is CC(=O)NC1C(O)OC(CO)C(O)C1OC1OC(C(=O)O)C(OC2OC(CO)C(O)C(OC3OC(C(=O)O)C(OC4OC(CO)C(O)C(OC5OC(C(=O)O)C(OC6OC(CO)C(O)C(OC7OC(C(=O)O)C(OC8OC(CO)C(O)C(OC9OC(C(=O)O)C(O)C(O)C9O)C8NC(C)=O)C(O)C7O)C6NC(C)=O)C(O)C5O)C4NC(C)=O)C(O)C3O)C2NC(C)=O)C(O)C1O. The van der Waals surface area contributed by atoms with Crippen LogP contribution in [0.15, 0.2) is 0 Å². The van der Waals surface area contributed by atoms with Crippen LogP contribution in [-0.4, -0.2) is 537 Å². The molecule has 10 rings (SSSR count). The summed E-state index contributed by atoms with van der Waals surface area (Å²) in [4.78, 5) is 129. The van der Waals surface area contributed by atoms with Crippen LogP contribution in [0.4, 0.5) is 0 Å². The maximum Gasteiger partial charge on any atom is 0.335 e. The van der Waals surface area contributed by atoms with Gasteiger partial charge in [0.1, 0.15) is 213 Å². The zero-order valence-corrected chi connectivity index (χ0v) is 68.8. The summed E-state index contributed by atoms with van der Waals surface area (Å²) in [6.45, 7) is -1.80. The number of hydrogen-bond donors (Lipinski definition) is 32. The maximum absolute atomic E-state index is 13.4. The molecule has 748 valence electrons. The lowest BCUT2D eigenvalue weighted by Gasteiger charge is -2.51. The van der Waals surface area contributed by atoms with Gasteiger partial charge in [-0.3, -0.25) is 24.0 Å². The molecule has 0 aliphatic carbocycles. The second kappa shape index (κ2) is 44.9. The highest BCUT2D eigenvalue weighted by molar-refractivity contribution is 5.77. The van der Waals surface area contributed by atoms with Gasteiger partial charge in [-0.15, -0.1) is 0 Å². The van der Waals surface area contributed by atoms with Gasteiger partial charge in [0.05, 0.1) is 33.0 Å². The second-order valence-electron chi connectivity index (χ2n) is 31.9. The van der Waals surface area contributed by atoms with Gasteiger partial charge in [0.2, 0.25) is 29.5 Å². The van der Waals surface area contributed by atoms with E-state index in [1.807, 2.05) is 0 Å². The van der Waals surface area contributed by atoms with E-state index < -0.39 is 399 Å². The molecule has 0 radical (unpaired) electrons. The third-order valence-corrected chi connectivity index (χ3v) is 22.7. The number of aliphatic hydroxyl groups excluding tert-OH is 22. The predicted octanol–water partition coefficient (Wildman–Crippen LogP) is -21.6. The number of amides is 5. The van der Waals surface area contributed by atoms with Crippen molar-refractivity contribution < 1.29 is 276 Å². The molecule has 50 atom stereocenters. The Bertz CT molecular complexity index is 3890. The molecule has 10 aliphatic heterocycles.